The van der Waals surface area contributed by atoms with E-state index in [-0.39, 0.29) is 0 Å². The molecule has 0 atom stereocenters. The molecule has 0 aliphatic rings. The summed E-state index contributed by atoms with van der Waals surface area (Å²) in [4.78, 5) is 2.18. The normalized spacial score (nSPS) is 11.3. The third kappa shape index (κ3) is 4.86. The van der Waals surface area contributed by atoms with Crippen LogP contribution in [0.25, 0.3) is 11.1 Å². The van der Waals surface area contributed by atoms with Gasteiger partial charge in [-0.15, -0.1) is 0 Å². The number of nitrogens with zero attached hydrogens (tertiary/aromatic N) is 1. The van der Waals surface area contributed by atoms with Gasteiger partial charge in [0.05, 0.1) is 0 Å². The van der Waals surface area contributed by atoms with E-state index in [1.54, 1.807) is 0 Å². The number of benzene rings is 2. The van der Waals surface area contributed by atoms with Crippen LogP contribution in [0.5, 0.6) is 0 Å². The molecule has 2 rings (SSSR count). The Hall–Kier alpha value is -1.76. The Balaban J connectivity index is 2.48. The van der Waals surface area contributed by atoms with Gasteiger partial charge in [-0.2, -0.15) is 0 Å². The molecule has 0 amide bonds. The van der Waals surface area contributed by atoms with Crippen molar-refractivity contribution in [1.29, 1.82) is 0 Å². The summed E-state index contributed by atoms with van der Waals surface area (Å²) in [6.07, 6.45) is 2.26. The van der Waals surface area contributed by atoms with Crippen molar-refractivity contribution >= 4 is 5.69 Å². The molecule has 0 spiro atoms. The first-order chi connectivity index (χ1) is 10.9. The first-order valence-electron chi connectivity index (χ1n) is 8.76. The second-order valence-corrected chi connectivity index (χ2v) is 7.63. The second kappa shape index (κ2) is 7.68. The molecule has 0 heterocycles. The van der Waals surface area contributed by atoms with Crippen molar-refractivity contribution in [2.45, 2.75) is 40.5 Å². The number of hydrogen-bond donors (Lipinski definition) is 0. The van der Waals surface area contributed by atoms with E-state index in [0.29, 0.717) is 11.8 Å². The Morgan fingerprint density at radius 3 is 2.13 bits per heavy atom. The zero-order chi connectivity index (χ0) is 17.0. The zero-order valence-electron chi connectivity index (χ0n) is 15.6. The topological polar surface area (TPSA) is 3.24 Å². The largest absolute Gasteiger partial charge is 0.378 e. The molecule has 0 saturated heterocycles. The summed E-state index contributed by atoms with van der Waals surface area (Å²) in [5.74, 6) is 1.35. The smallest absolute Gasteiger partial charge is 0.0367 e. The first kappa shape index (κ1) is 17.6. The van der Waals surface area contributed by atoms with Gasteiger partial charge < -0.3 is 4.90 Å². The lowest BCUT2D eigenvalue weighted by molar-refractivity contribution is 0.646. The van der Waals surface area contributed by atoms with Crippen LogP contribution in [0.15, 0.2) is 42.5 Å². The lowest BCUT2D eigenvalue weighted by Crippen LogP contribution is -2.09. The van der Waals surface area contributed by atoms with Gasteiger partial charge in [0, 0.05) is 19.8 Å². The van der Waals surface area contributed by atoms with Crippen LogP contribution in [0.2, 0.25) is 0 Å². The van der Waals surface area contributed by atoms with Crippen molar-refractivity contribution in [3.8, 4) is 11.1 Å². The fourth-order valence-electron chi connectivity index (χ4n) is 3.07. The standard InChI is InChI=1S/C22H31N/c1-16(2)12-18-8-7-9-19(14-18)22-15-21(23(5)6)11-10-20(22)13-17(3)4/h7-11,14-17H,12-13H2,1-6H3. The molecule has 1 nitrogen and oxygen atoms in total. The molecular weight excluding hydrogens is 278 g/mol. The molecule has 0 N–H and O–H groups in total. The molecule has 0 saturated carbocycles. The van der Waals surface area contributed by atoms with E-state index in [4.69, 9.17) is 0 Å². The predicted octanol–water partition coefficient (Wildman–Crippen LogP) is 5.82. The van der Waals surface area contributed by atoms with E-state index in [0.717, 1.165) is 12.8 Å². The molecular formula is C22H31N. The molecule has 0 fully saturated rings. The highest BCUT2D eigenvalue weighted by atomic mass is 15.1. The molecule has 0 aliphatic heterocycles. The molecule has 2 aromatic rings. The average Bonchev–Trinajstić information content (AvgIpc) is 2.46. The highest BCUT2D eigenvalue weighted by molar-refractivity contribution is 5.72. The van der Waals surface area contributed by atoms with Crippen molar-refractivity contribution in [3.63, 3.8) is 0 Å². The van der Waals surface area contributed by atoms with Gasteiger partial charge in [0.2, 0.25) is 0 Å². The van der Waals surface area contributed by atoms with Crippen molar-refractivity contribution in [2.75, 3.05) is 19.0 Å². The molecule has 2 aromatic carbocycles. The quantitative estimate of drug-likeness (QED) is 0.650. The fraction of sp³-hybridized carbons (Fsp3) is 0.455. The van der Waals surface area contributed by atoms with Crippen LogP contribution in [0.3, 0.4) is 0 Å². The molecule has 0 unspecified atom stereocenters. The lowest BCUT2D eigenvalue weighted by Gasteiger charge is -2.18. The van der Waals surface area contributed by atoms with Crippen molar-refractivity contribution in [3.05, 3.63) is 53.6 Å². The van der Waals surface area contributed by atoms with E-state index in [1.807, 2.05) is 0 Å². The van der Waals surface area contributed by atoms with E-state index in [2.05, 4.69) is 89.2 Å². The minimum absolute atomic E-state index is 0.665. The van der Waals surface area contributed by atoms with Crippen LogP contribution in [0.1, 0.15) is 38.8 Å². The Morgan fingerprint density at radius 1 is 0.826 bits per heavy atom. The molecule has 124 valence electrons. The molecule has 23 heavy (non-hydrogen) atoms. The number of anilines is 1. The van der Waals surface area contributed by atoms with Gasteiger partial charge in [0.1, 0.15) is 0 Å². The van der Waals surface area contributed by atoms with Crippen molar-refractivity contribution < 1.29 is 0 Å². The second-order valence-electron chi connectivity index (χ2n) is 7.63. The summed E-state index contributed by atoms with van der Waals surface area (Å²) in [6.45, 7) is 9.14. The van der Waals surface area contributed by atoms with E-state index < -0.39 is 0 Å². The fourth-order valence-corrected chi connectivity index (χ4v) is 3.07. The van der Waals surface area contributed by atoms with E-state index in [1.165, 1.54) is 27.9 Å². The Labute approximate surface area is 142 Å². The van der Waals surface area contributed by atoms with Gasteiger partial charge in [-0.25, -0.2) is 0 Å². The lowest BCUT2D eigenvalue weighted by atomic mass is 9.91. The van der Waals surface area contributed by atoms with Gasteiger partial charge in [0.15, 0.2) is 0 Å². The minimum Gasteiger partial charge on any atom is -0.378 e. The maximum absolute atomic E-state index is 2.37. The minimum atomic E-state index is 0.665. The summed E-state index contributed by atoms with van der Waals surface area (Å²) in [6, 6.07) is 16.0. The number of rotatable bonds is 6. The molecule has 0 aliphatic carbocycles. The Kier molecular flexibility index (Phi) is 5.87. The molecule has 1 heteroatoms. The number of hydrogen-bond acceptors (Lipinski definition) is 1. The van der Waals surface area contributed by atoms with Gasteiger partial charge in [0.25, 0.3) is 0 Å². The first-order valence-corrected chi connectivity index (χ1v) is 8.76. The highest BCUT2D eigenvalue weighted by Gasteiger charge is 2.10. The molecule has 0 bridgehead atoms. The summed E-state index contributed by atoms with van der Waals surface area (Å²) >= 11 is 0. The van der Waals surface area contributed by atoms with E-state index >= 15 is 0 Å². The monoisotopic (exact) mass is 309 g/mol. The van der Waals surface area contributed by atoms with Crippen LogP contribution in [0.4, 0.5) is 5.69 Å². The van der Waals surface area contributed by atoms with E-state index in [9.17, 15) is 0 Å². The highest BCUT2D eigenvalue weighted by Crippen LogP contribution is 2.30. The Morgan fingerprint density at radius 2 is 1.52 bits per heavy atom. The summed E-state index contributed by atoms with van der Waals surface area (Å²) < 4.78 is 0. The van der Waals surface area contributed by atoms with Crippen molar-refractivity contribution in [1.82, 2.24) is 0 Å². The maximum Gasteiger partial charge on any atom is 0.0367 e. The summed E-state index contributed by atoms with van der Waals surface area (Å²) in [5.41, 5.74) is 6.88. The van der Waals surface area contributed by atoms with Crippen LogP contribution in [0, 0.1) is 11.8 Å². The van der Waals surface area contributed by atoms with Crippen molar-refractivity contribution in [2.24, 2.45) is 11.8 Å². The van der Waals surface area contributed by atoms with Gasteiger partial charge >= 0.3 is 0 Å². The van der Waals surface area contributed by atoms with Crippen LogP contribution < -0.4 is 4.90 Å². The summed E-state index contributed by atoms with van der Waals surface area (Å²) in [7, 11) is 4.22. The SMILES string of the molecule is CC(C)Cc1cccc(-c2cc(N(C)C)ccc2CC(C)C)c1. The Bertz CT molecular complexity index is 638. The molecule has 0 aromatic heterocycles. The third-order valence-electron chi connectivity index (χ3n) is 4.12. The zero-order valence-corrected chi connectivity index (χ0v) is 15.6. The van der Waals surface area contributed by atoms with Crippen LogP contribution in [-0.4, -0.2) is 14.1 Å². The predicted molar refractivity (Wildman–Crippen MR) is 103 cm³/mol. The van der Waals surface area contributed by atoms with Crippen LogP contribution in [-0.2, 0) is 12.8 Å². The van der Waals surface area contributed by atoms with Gasteiger partial charge in [-0.05, 0) is 59.1 Å². The third-order valence-corrected chi connectivity index (χ3v) is 4.12. The summed E-state index contributed by atoms with van der Waals surface area (Å²) in [5, 5.41) is 0. The van der Waals surface area contributed by atoms with Gasteiger partial charge in [-0.1, -0.05) is 58.0 Å². The average molecular weight is 309 g/mol. The maximum atomic E-state index is 2.37. The van der Waals surface area contributed by atoms with Crippen LogP contribution >= 0.6 is 0 Å². The van der Waals surface area contributed by atoms with Gasteiger partial charge in [-0.3, -0.25) is 0 Å². The molecule has 0 radical (unpaired) electrons.